The summed E-state index contributed by atoms with van der Waals surface area (Å²) in [6.45, 7) is 5.97. The molecule has 3 aromatic rings. The normalized spacial score (nSPS) is 18.2. The third-order valence-corrected chi connectivity index (χ3v) is 6.90. The smallest absolute Gasteiger partial charge is 0.314 e. The molecule has 0 aliphatic heterocycles. The second-order valence-corrected chi connectivity index (χ2v) is 9.02. The highest BCUT2D eigenvalue weighted by Gasteiger charge is 2.26. The van der Waals surface area contributed by atoms with Crippen LogP contribution in [0.5, 0.6) is 0 Å². The van der Waals surface area contributed by atoms with Crippen molar-refractivity contribution in [3.63, 3.8) is 0 Å². The fourth-order valence-electron chi connectivity index (χ4n) is 4.09. The summed E-state index contributed by atoms with van der Waals surface area (Å²) in [4.78, 5) is 35.1. The van der Waals surface area contributed by atoms with Crippen molar-refractivity contribution < 1.29 is 9.53 Å². The molecule has 29 heavy (non-hydrogen) atoms. The van der Waals surface area contributed by atoms with E-state index in [4.69, 9.17) is 4.74 Å². The van der Waals surface area contributed by atoms with Gasteiger partial charge in [0.15, 0.2) is 11.9 Å². The van der Waals surface area contributed by atoms with Gasteiger partial charge in [-0.05, 0) is 49.7 Å². The van der Waals surface area contributed by atoms with Gasteiger partial charge in [-0.2, -0.15) is 0 Å². The minimum atomic E-state index is -0.615. The van der Waals surface area contributed by atoms with Crippen molar-refractivity contribution in [1.29, 1.82) is 0 Å². The van der Waals surface area contributed by atoms with Crippen molar-refractivity contribution in [2.75, 3.05) is 0 Å². The van der Waals surface area contributed by atoms with Crippen molar-refractivity contribution >= 4 is 27.5 Å². The highest BCUT2D eigenvalue weighted by molar-refractivity contribution is 7.18. The van der Waals surface area contributed by atoms with Gasteiger partial charge in [-0.25, -0.2) is 4.98 Å². The van der Waals surface area contributed by atoms with Crippen LogP contribution in [0.15, 0.2) is 35.1 Å². The monoisotopic (exact) mass is 410 g/mol. The van der Waals surface area contributed by atoms with E-state index >= 15 is 0 Å². The van der Waals surface area contributed by atoms with Crippen molar-refractivity contribution in [1.82, 2.24) is 9.97 Å². The number of nitrogens with one attached hydrogen (secondary N) is 1. The largest absolute Gasteiger partial charge is 0.454 e. The standard InChI is InChI=1S/C23H26N2O3S/c1-4-16(15-8-6-5-7-9-15)23(27)28-14(3)20-24-21(26)19-17-11-10-13(2)12-18(17)29-22(19)25-20/h5-9,13-14,16H,4,10-12H2,1-3H3,(H,24,25,26)/t13-,14-,16-/m1/s1. The van der Waals surface area contributed by atoms with Crippen LogP contribution in [0.2, 0.25) is 0 Å². The molecular weight excluding hydrogens is 384 g/mol. The molecule has 1 N–H and O–H groups in total. The number of aromatic amines is 1. The number of nitrogens with zero attached hydrogens (tertiary/aromatic N) is 1. The fraction of sp³-hybridized carbons (Fsp3) is 0.435. The van der Waals surface area contributed by atoms with E-state index < -0.39 is 6.10 Å². The van der Waals surface area contributed by atoms with Crippen LogP contribution in [0.25, 0.3) is 10.2 Å². The third kappa shape index (κ3) is 3.86. The lowest BCUT2D eigenvalue weighted by Crippen LogP contribution is -2.21. The molecule has 0 radical (unpaired) electrons. The zero-order chi connectivity index (χ0) is 20.5. The van der Waals surface area contributed by atoms with E-state index in [-0.39, 0.29) is 17.4 Å². The molecule has 1 aliphatic carbocycles. The number of hydrogen-bond donors (Lipinski definition) is 1. The predicted molar refractivity (Wildman–Crippen MR) is 115 cm³/mol. The maximum absolute atomic E-state index is 12.8. The van der Waals surface area contributed by atoms with Crippen LogP contribution >= 0.6 is 11.3 Å². The molecule has 4 rings (SSSR count). The molecule has 2 heterocycles. The summed E-state index contributed by atoms with van der Waals surface area (Å²) in [5, 5.41) is 0.717. The van der Waals surface area contributed by atoms with E-state index in [2.05, 4.69) is 16.9 Å². The summed E-state index contributed by atoms with van der Waals surface area (Å²) in [6, 6.07) is 9.63. The summed E-state index contributed by atoms with van der Waals surface area (Å²) in [6.07, 6.45) is 3.07. The van der Waals surface area contributed by atoms with Crippen LogP contribution in [0, 0.1) is 5.92 Å². The average Bonchev–Trinajstić information content (AvgIpc) is 3.07. The first-order chi connectivity index (χ1) is 14.0. The van der Waals surface area contributed by atoms with E-state index in [1.54, 1.807) is 18.3 Å². The van der Waals surface area contributed by atoms with E-state index in [9.17, 15) is 9.59 Å². The Bertz CT molecular complexity index is 1090. The summed E-state index contributed by atoms with van der Waals surface area (Å²) in [5.74, 6) is 0.418. The lowest BCUT2D eigenvalue weighted by atomic mass is 9.89. The third-order valence-electron chi connectivity index (χ3n) is 5.76. The van der Waals surface area contributed by atoms with Gasteiger partial charge in [0.25, 0.3) is 5.56 Å². The average molecular weight is 411 g/mol. The van der Waals surface area contributed by atoms with Gasteiger partial charge in [0.05, 0.1) is 11.3 Å². The van der Waals surface area contributed by atoms with Gasteiger partial charge in [0, 0.05) is 4.88 Å². The Hall–Kier alpha value is -2.47. The van der Waals surface area contributed by atoms with Crippen molar-refractivity contribution in [3.05, 3.63) is 62.5 Å². The molecule has 0 amide bonds. The molecule has 5 nitrogen and oxygen atoms in total. The lowest BCUT2D eigenvalue weighted by molar-refractivity contribution is -0.151. The molecule has 0 spiro atoms. The van der Waals surface area contributed by atoms with Gasteiger partial charge >= 0.3 is 5.97 Å². The van der Waals surface area contributed by atoms with Crippen LogP contribution in [0.1, 0.15) is 67.5 Å². The number of aromatic nitrogens is 2. The zero-order valence-electron chi connectivity index (χ0n) is 17.0. The Morgan fingerprint density at radius 1 is 1.34 bits per heavy atom. The zero-order valence-corrected chi connectivity index (χ0v) is 17.8. The molecule has 0 saturated heterocycles. The summed E-state index contributed by atoms with van der Waals surface area (Å²) in [7, 11) is 0. The van der Waals surface area contributed by atoms with Gasteiger partial charge in [0.1, 0.15) is 4.83 Å². The van der Waals surface area contributed by atoms with Crippen molar-refractivity contribution in [2.24, 2.45) is 5.92 Å². The van der Waals surface area contributed by atoms with Crippen molar-refractivity contribution in [3.8, 4) is 0 Å². The van der Waals surface area contributed by atoms with E-state index in [0.29, 0.717) is 18.2 Å². The van der Waals surface area contributed by atoms with Crippen LogP contribution in [0.4, 0.5) is 0 Å². The van der Waals surface area contributed by atoms with Gasteiger partial charge < -0.3 is 9.72 Å². The molecule has 0 fully saturated rings. The lowest BCUT2D eigenvalue weighted by Gasteiger charge is -2.18. The highest BCUT2D eigenvalue weighted by atomic mass is 32.1. The minimum Gasteiger partial charge on any atom is -0.454 e. The number of benzene rings is 1. The minimum absolute atomic E-state index is 0.130. The first-order valence-electron chi connectivity index (χ1n) is 10.3. The maximum atomic E-state index is 12.8. The van der Waals surface area contributed by atoms with Gasteiger partial charge in [-0.1, -0.05) is 44.2 Å². The van der Waals surface area contributed by atoms with Gasteiger partial charge in [-0.3, -0.25) is 9.59 Å². The van der Waals surface area contributed by atoms with Gasteiger partial charge in [-0.15, -0.1) is 11.3 Å². The quantitative estimate of drug-likeness (QED) is 0.607. The summed E-state index contributed by atoms with van der Waals surface area (Å²) >= 11 is 1.60. The highest BCUT2D eigenvalue weighted by Crippen LogP contribution is 2.36. The number of hydrogen-bond acceptors (Lipinski definition) is 5. The Kier molecular flexibility index (Phi) is 5.54. The molecule has 6 heteroatoms. The second kappa shape index (κ2) is 8.11. The summed E-state index contributed by atoms with van der Waals surface area (Å²) < 4.78 is 5.70. The Morgan fingerprint density at radius 3 is 2.83 bits per heavy atom. The number of carbonyl (C=O) groups is 1. The number of thiophene rings is 1. The fourth-order valence-corrected chi connectivity index (χ4v) is 5.48. The number of H-pyrrole nitrogens is 1. The van der Waals surface area contributed by atoms with Crippen LogP contribution in [0.3, 0.4) is 0 Å². The number of carbonyl (C=O) groups excluding carboxylic acids is 1. The number of ether oxygens (including phenoxy) is 1. The molecule has 1 aliphatic rings. The molecule has 152 valence electrons. The molecule has 0 unspecified atom stereocenters. The van der Waals surface area contributed by atoms with E-state index in [1.807, 2.05) is 37.3 Å². The number of fused-ring (bicyclic) bond motifs is 3. The van der Waals surface area contributed by atoms with Crippen LogP contribution in [-0.4, -0.2) is 15.9 Å². The second-order valence-electron chi connectivity index (χ2n) is 7.93. The number of rotatable bonds is 5. The molecule has 1 aromatic carbocycles. The van der Waals surface area contributed by atoms with Crippen LogP contribution in [-0.2, 0) is 22.4 Å². The SMILES string of the molecule is CC[C@@H](C(=O)O[C@H](C)c1nc2sc3c(c2c(=O)[nH]1)CC[C@@H](C)C3)c1ccccc1. The molecule has 0 bridgehead atoms. The van der Waals surface area contributed by atoms with Crippen molar-refractivity contribution in [2.45, 2.75) is 58.5 Å². The topological polar surface area (TPSA) is 72.0 Å². The van der Waals surface area contributed by atoms with E-state index in [1.165, 1.54) is 4.88 Å². The predicted octanol–water partition coefficient (Wildman–Crippen LogP) is 4.91. The molecular formula is C23H26N2O3S. The van der Waals surface area contributed by atoms with Gasteiger partial charge in [0.2, 0.25) is 0 Å². The Labute approximate surface area is 174 Å². The van der Waals surface area contributed by atoms with E-state index in [0.717, 1.165) is 40.6 Å². The number of aryl methyl sites for hydroxylation is 1. The Morgan fingerprint density at radius 2 is 2.10 bits per heavy atom. The summed E-state index contributed by atoms with van der Waals surface area (Å²) in [5.41, 5.74) is 1.96. The molecule has 2 aromatic heterocycles. The molecule has 3 atom stereocenters. The maximum Gasteiger partial charge on any atom is 0.314 e. The first-order valence-corrected chi connectivity index (χ1v) is 11.1. The number of esters is 1. The molecule has 0 saturated carbocycles. The van der Waals surface area contributed by atoms with Crippen LogP contribution < -0.4 is 5.56 Å². The Balaban J connectivity index is 1.59. The first kappa shape index (κ1) is 19.8.